The molecule has 5 nitrogen and oxygen atoms in total. The molecule has 1 aliphatic heterocycles. The van der Waals surface area contributed by atoms with E-state index < -0.39 is 0 Å². The summed E-state index contributed by atoms with van der Waals surface area (Å²) in [4.78, 5) is 0. The van der Waals surface area contributed by atoms with Crippen LogP contribution in [-0.2, 0) is 6.54 Å². The first-order chi connectivity index (χ1) is 14.8. The van der Waals surface area contributed by atoms with Crippen molar-refractivity contribution in [2.45, 2.75) is 18.9 Å². The minimum Gasteiger partial charge on any atom is -0.493 e. The second-order valence-electron chi connectivity index (χ2n) is 7.23. The second-order valence-corrected chi connectivity index (χ2v) is 7.23. The van der Waals surface area contributed by atoms with Crippen molar-refractivity contribution in [2.75, 3.05) is 27.6 Å². The summed E-state index contributed by atoms with van der Waals surface area (Å²) in [5, 5.41) is 3.56. The standard InChI is InChI=1S/C25H27NO4/c1-27-22-10-8-18(14-24(22)28-2)16-26-13-12-21(19-6-4-3-5-7-19)20-9-11-23-25(15-20)30-17-29-23/h3-11,14-15,21,26H,12-13,16-17H2,1-2H3. The number of ether oxygens (including phenoxy) is 4. The molecule has 156 valence electrons. The van der Waals surface area contributed by atoms with Crippen molar-refractivity contribution >= 4 is 0 Å². The average molecular weight is 405 g/mol. The van der Waals surface area contributed by atoms with Crippen molar-refractivity contribution in [1.29, 1.82) is 0 Å². The van der Waals surface area contributed by atoms with Gasteiger partial charge in [-0.05, 0) is 53.9 Å². The summed E-state index contributed by atoms with van der Waals surface area (Å²) >= 11 is 0. The molecule has 0 amide bonds. The minimum absolute atomic E-state index is 0.276. The number of hydrogen-bond donors (Lipinski definition) is 1. The fourth-order valence-corrected chi connectivity index (χ4v) is 3.81. The highest BCUT2D eigenvalue weighted by Crippen LogP contribution is 2.37. The first-order valence-corrected chi connectivity index (χ1v) is 10.1. The number of rotatable bonds is 9. The highest BCUT2D eigenvalue weighted by atomic mass is 16.7. The largest absolute Gasteiger partial charge is 0.493 e. The van der Waals surface area contributed by atoms with E-state index in [4.69, 9.17) is 18.9 Å². The van der Waals surface area contributed by atoms with Crippen LogP contribution in [-0.4, -0.2) is 27.6 Å². The maximum absolute atomic E-state index is 5.59. The van der Waals surface area contributed by atoms with Gasteiger partial charge in [0.25, 0.3) is 0 Å². The minimum atomic E-state index is 0.276. The molecule has 0 saturated carbocycles. The molecule has 3 aromatic carbocycles. The van der Waals surface area contributed by atoms with Crippen LogP contribution in [0.2, 0.25) is 0 Å². The Kier molecular flexibility index (Phi) is 6.40. The Morgan fingerprint density at radius 3 is 2.43 bits per heavy atom. The van der Waals surface area contributed by atoms with Gasteiger partial charge in [-0.2, -0.15) is 0 Å². The van der Waals surface area contributed by atoms with Crippen molar-refractivity contribution in [3.05, 3.63) is 83.4 Å². The third-order valence-corrected chi connectivity index (χ3v) is 5.39. The van der Waals surface area contributed by atoms with Gasteiger partial charge in [0.15, 0.2) is 23.0 Å². The van der Waals surface area contributed by atoms with E-state index in [0.717, 1.165) is 48.1 Å². The summed E-state index contributed by atoms with van der Waals surface area (Å²) in [6.07, 6.45) is 0.969. The topological polar surface area (TPSA) is 49.0 Å². The molecule has 1 atom stereocenters. The van der Waals surface area contributed by atoms with Gasteiger partial charge in [0, 0.05) is 12.5 Å². The van der Waals surface area contributed by atoms with E-state index in [9.17, 15) is 0 Å². The molecule has 1 aliphatic rings. The summed E-state index contributed by atoms with van der Waals surface area (Å²) in [6.45, 7) is 1.94. The highest BCUT2D eigenvalue weighted by Gasteiger charge is 2.19. The number of benzene rings is 3. The lowest BCUT2D eigenvalue weighted by Crippen LogP contribution is -2.18. The molecule has 0 fully saturated rings. The van der Waals surface area contributed by atoms with Crippen molar-refractivity contribution < 1.29 is 18.9 Å². The molecule has 0 bridgehead atoms. The number of methoxy groups -OCH3 is 2. The van der Waals surface area contributed by atoms with Crippen molar-refractivity contribution in [1.82, 2.24) is 5.32 Å². The summed E-state index contributed by atoms with van der Waals surface area (Å²) in [7, 11) is 3.31. The van der Waals surface area contributed by atoms with E-state index in [2.05, 4.69) is 53.8 Å². The van der Waals surface area contributed by atoms with Crippen molar-refractivity contribution in [2.24, 2.45) is 0 Å². The maximum Gasteiger partial charge on any atom is 0.231 e. The van der Waals surface area contributed by atoms with Crippen molar-refractivity contribution in [3.63, 3.8) is 0 Å². The van der Waals surface area contributed by atoms with Crippen LogP contribution in [0.1, 0.15) is 29.0 Å². The molecule has 5 heteroatoms. The monoisotopic (exact) mass is 405 g/mol. The van der Waals surface area contributed by atoms with E-state index in [1.54, 1.807) is 14.2 Å². The van der Waals surface area contributed by atoms with Gasteiger partial charge in [0.1, 0.15) is 0 Å². The van der Waals surface area contributed by atoms with Crippen LogP contribution in [0.3, 0.4) is 0 Å². The lowest BCUT2D eigenvalue weighted by molar-refractivity contribution is 0.174. The van der Waals surface area contributed by atoms with Crippen LogP contribution < -0.4 is 24.3 Å². The van der Waals surface area contributed by atoms with E-state index in [-0.39, 0.29) is 5.92 Å². The molecule has 0 aromatic heterocycles. The van der Waals surface area contributed by atoms with E-state index in [0.29, 0.717) is 6.79 Å². The van der Waals surface area contributed by atoms with Crippen LogP contribution in [0.4, 0.5) is 0 Å². The normalized spacial score (nSPS) is 13.1. The Morgan fingerprint density at radius 2 is 1.63 bits per heavy atom. The maximum atomic E-state index is 5.59. The third-order valence-electron chi connectivity index (χ3n) is 5.39. The highest BCUT2D eigenvalue weighted by molar-refractivity contribution is 5.47. The van der Waals surface area contributed by atoms with Crippen LogP contribution in [0.25, 0.3) is 0 Å². The number of fused-ring (bicyclic) bond motifs is 1. The zero-order chi connectivity index (χ0) is 20.8. The average Bonchev–Trinajstić information content (AvgIpc) is 3.27. The van der Waals surface area contributed by atoms with Gasteiger partial charge in [-0.3, -0.25) is 0 Å². The Balaban J connectivity index is 1.43. The van der Waals surface area contributed by atoms with Crippen LogP contribution in [0, 0.1) is 0 Å². The Bertz CT molecular complexity index is 974. The smallest absolute Gasteiger partial charge is 0.231 e. The van der Waals surface area contributed by atoms with E-state index >= 15 is 0 Å². The van der Waals surface area contributed by atoms with E-state index in [1.807, 2.05) is 18.2 Å². The van der Waals surface area contributed by atoms with Crippen molar-refractivity contribution in [3.8, 4) is 23.0 Å². The predicted molar refractivity (Wildman–Crippen MR) is 117 cm³/mol. The first-order valence-electron chi connectivity index (χ1n) is 10.1. The molecule has 1 heterocycles. The molecule has 0 saturated heterocycles. The Hall–Kier alpha value is -3.18. The van der Waals surface area contributed by atoms with E-state index in [1.165, 1.54) is 11.1 Å². The predicted octanol–water partition coefficient (Wildman–Crippen LogP) is 4.74. The summed E-state index contributed by atoms with van der Waals surface area (Å²) in [6, 6.07) is 22.9. The Labute approximate surface area is 177 Å². The molecule has 0 aliphatic carbocycles. The van der Waals surface area contributed by atoms with Crippen LogP contribution in [0.5, 0.6) is 23.0 Å². The zero-order valence-electron chi connectivity index (χ0n) is 17.4. The Morgan fingerprint density at radius 1 is 0.833 bits per heavy atom. The summed E-state index contributed by atoms with van der Waals surface area (Å²) in [5.41, 5.74) is 3.69. The number of hydrogen-bond acceptors (Lipinski definition) is 5. The fraction of sp³-hybridized carbons (Fsp3) is 0.280. The van der Waals surface area contributed by atoms with Gasteiger partial charge in [0.2, 0.25) is 6.79 Å². The SMILES string of the molecule is COc1ccc(CNCCC(c2ccccc2)c2ccc3c(c2)OCO3)cc1OC. The van der Waals surface area contributed by atoms with Gasteiger partial charge in [-0.1, -0.05) is 42.5 Å². The molecule has 4 rings (SSSR count). The molecule has 0 spiro atoms. The van der Waals surface area contributed by atoms with Gasteiger partial charge >= 0.3 is 0 Å². The van der Waals surface area contributed by atoms with Gasteiger partial charge in [-0.15, -0.1) is 0 Å². The van der Waals surface area contributed by atoms with Gasteiger partial charge in [0.05, 0.1) is 14.2 Å². The second kappa shape index (κ2) is 9.55. The molecule has 1 unspecified atom stereocenters. The zero-order valence-corrected chi connectivity index (χ0v) is 17.4. The summed E-state index contributed by atoms with van der Waals surface area (Å²) < 4.78 is 21.8. The molecular weight excluding hydrogens is 378 g/mol. The fourth-order valence-electron chi connectivity index (χ4n) is 3.81. The van der Waals surface area contributed by atoms with Gasteiger partial charge < -0.3 is 24.3 Å². The van der Waals surface area contributed by atoms with Crippen LogP contribution in [0.15, 0.2) is 66.7 Å². The van der Waals surface area contributed by atoms with Gasteiger partial charge in [-0.25, -0.2) is 0 Å². The quantitative estimate of drug-likeness (QED) is 0.521. The summed E-state index contributed by atoms with van der Waals surface area (Å²) in [5.74, 6) is 3.41. The van der Waals surface area contributed by atoms with Crippen LogP contribution >= 0.6 is 0 Å². The molecule has 30 heavy (non-hydrogen) atoms. The third kappa shape index (κ3) is 4.52. The lowest BCUT2D eigenvalue weighted by atomic mass is 9.88. The molecule has 0 radical (unpaired) electrons. The molecule has 3 aromatic rings. The molecule has 1 N–H and O–H groups in total. The number of nitrogens with one attached hydrogen (secondary N) is 1. The molecular formula is C25H27NO4. The first kappa shape index (κ1) is 20.1. The lowest BCUT2D eigenvalue weighted by Gasteiger charge is -2.19.